The molecule has 0 aromatic heterocycles. The van der Waals surface area contributed by atoms with E-state index in [2.05, 4.69) is 5.32 Å². The Balaban J connectivity index is 0.00000147. The number of carboxylic acid groups (broad SMARTS) is 1. The summed E-state index contributed by atoms with van der Waals surface area (Å²) in [5.74, 6) is -0.00833. The van der Waals surface area contributed by atoms with Crippen molar-refractivity contribution in [2.24, 2.45) is 0 Å². The summed E-state index contributed by atoms with van der Waals surface area (Å²) >= 11 is 0. The van der Waals surface area contributed by atoms with Gasteiger partial charge in [0.15, 0.2) is 11.5 Å². The number of carbonyl (C=O) groups is 1. The summed E-state index contributed by atoms with van der Waals surface area (Å²) in [5.41, 5.74) is 3.57. The van der Waals surface area contributed by atoms with Crippen molar-refractivity contribution in [1.29, 1.82) is 0 Å². The monoisotopic (exact) mass is 387 g/mol. The second-order valence-electron chi connectivity index (χ2n) is 4.68. The number of carboxylic acids is 1. The van der Waals surface area contributed by atoms with Crippen LogP contribution in [0.25, 0.3) is 0 Å². The Morgan fingerprint density at radius 3 is 2.50 bits per heavy atom. The quantitative estimate of drug-likeness (QED) is 0.613. The van der Waals surface area contributed by atoms with Crippen molar-refractivity contribution in [2.45, 2.75) is 13.8 Å². The van der Waals surface area contributed by atoms with Gasteiger partial charge in [0.05, 0.1) is 17.3 Å². The largest absolute Gasteiger partial charge is 1.00 e. The van der Waals surface area contributed by atoms with Crippen LogP contribution in [0.4, 0.5) is 11.4 Å². The van der Waals surface area contributed by atoms with Crippen molar-refractivity contribution in [3.63, 3.8) is 0 Å². The Morgan fingerprint density at radius 2 is 1.80 bits per heavy atom. The second kappa shape index (κ2) is 6.13. The van der Waals surface area contributed by atoms with Crippen LogP contribution in [0.2, 0.25) is 0 Å². The molecule has 0 saturated heterocycles. The fraction of sp³-hybridized carbons (Fsp3) is 0.133. The molecule has 5 heteroatoms. The van der Waals surface area contributed by atoms with Crippen molar-refractivity contribution in [2.75, 3.05) is 5.32 Å². The van der Waals surface area contributed by atoms with E-state index in [4.69, 9.17) is 4.74 Å². The van der Waals surface area contributed by atoms with E-state index in [1.165, 1.54) is 6.07 Å². The van der Waals surface area contributed by atoms with Gasteiger partial charge in [-0.05, 0) is 49.2 Å². The van der Waals surface area contributed by atoms with Crippen LogP contribution in [0.15, 0.2) is 30.3 Å². The van der Waals surface area contributed by atoms with Crippen molar-refractivity contribution in [3.05, 3.63) is 47.0 Å². The molecule has 1 aliphatic heterocycles. The van der Waals surface area contributed by atoms with Gasteiger partial charge < -0.3 is 20.0 Å². The third-order valence-corrected chi connectivity index (χ3v) is 3.17. The van der Waals surface area contributed by atoms with E-state index in [-0.39, 0.29) is 74.5 Å². The van der Waals surface area contributed by atoms with E-state index in [1.54, 1.807) is 13.0 Å². The van der Waals surface area contributed by atoms with Crippen LogP contribution in [0, 0.1) is 13.8 Å². The molecule has 0 spiro atoms. The van der Waals surface area contributed by atoms with Crippen LogP contribution in [-0.2, 0) is 0 Å². The topological polar surface area (TPSA) is 61.4 Å². The number of nitrogens with one attached hydrogen (secondary N) is 1. The maximum absolute atomic E-state index is 11.0. The van der Waals surface area contributed by atoms with Crippen LogP contribution in [0.5, 0.6) is 11.5 Å². The van der Waals surface area contributed by atoms with Gasteiger partial charge in [-0.2, -0.15) is 0 Å². The number of hydrogen-bond donors (Lipinski definition) is 1. The molecule has 3 rings (SSSR count). The smallest absolute Gasteiger partial charge is 0.545 e. The summed E-state index contributed by atoms with van der Waals surface area (Å²) in [4.78, 5) is 11.0. The first-order chi connectivity index (χ1) is 9.04. The number of carbonyl (C=O) groups excluding carboxylic acids is 1. The zero-order valence-electron chi connectivity index (χ0n) is 11.6. The van der Waals surface area contributed by atoms with Gasteiger partial charge in [-0.1, -0.05) is 6.07 Å². The molecule has 96 valence electrons. The molecule has 1 N–H and O–H groups in total. The summed E-state index contributed by atoms with van der Waals surface area (Å²) in [5, 5.41) is 14.3. The van der Waals surface area contributed by atoms with E-state index in [9.17, 15) is 9.90 Å². The normalized spacial score (nSPS) is 11.3. The van der Waals surface area contributed by atoms with Crippen molar-refractivity contribution < 1.29 is 83.5 Å². The third kappa shape index (κ3) is 2.93. The Morgan fingerprint density at radius 1 is 1.10 bits per heavy atom. The number of benzene rings is 2. The minimum absolute atomic E-state index is 0. The minimum atomic E-state index is -1.20. The number of ether oxygens (including phenoxy) is 1. The first-order valence-electron chi connectivity index (χ1n) is 5.96. The van der Waals surface area contributed by atoms with E-state index in [0.717, 1.165) is 16.9 Å². The van der Waals surface area contributed by atoms with E-state index in [0.29, 0.717) is 17.1 Å². The molecule has 0 aliphatic carbocycles. The summed E-state index contributed by atoms with van der Waals surface area (Å²) in [7, 11) is 0. The SMILES string of the molecule is Cc1ccc2c(c1)Nc1cc(C)c(C(=O)[O-])cc1O2.[Cs+]. The average Bonchev–Trinajstić information content (AvgIpc) is 2.35. The van der Waals surface area contributed by atoms with Crippen molar-refractivity contribution in [1.82, 2.24) is 0 Å². The van der Waals surface area contributed by atoms with E-state index in [1.807, 2.05) is 25.1 Å². The van der Waals surface area contributed by atoms with Gasteiger partial charge in [-0.3, -0.25) is 0 Å². The van der Waals surface area contributed by atoms with Crippen molar-refractivity contribution >= 4 is 17.3 Å². The standard InChI is InChI=1S/C15H13NO3.Cs/c1-8-3-4-13-11(5-8)16-12-6-9(2)10(15(17)18)7-14(12)19-13;/h3-7,16H,1-2H3,(H,17,18);/q;+1/p-1. The van der Waals surface area contributed by atoms with Gasteiger partial charge in [0.2, 0.25) is 0 Å². The molecule has 0 atom stereocenters. The Hall–Kier alpha value is -0.438. The fourth-order valence-electron chi connectivity index (χ4n) is 2.18. The Labute approximate surface area is 176 Å². The molecular formula is C15H12CsNO3. The first-order valence-corrected chi connectivity index (χ1v) is 5.96. The molecule has 4 nitrogen and oxygen atoms in total. The predicted molar refractivity (Wildman–Crippen MR) is 70.0 cm³/mol. The van der Waals surface area contributed by atoms with Crippen LogP contribution in [0.1, 0.15) is 21.5 Å². The number of aromatic carboxylic acids is 1. The molecule has 1 aliphatic rings. The molecule has 2 aromatic rings. The van der Waals surface area contributed by atoms with Gasteiger partial charge in [-0.15, -0.1) is 0 Å². The second-order valence-corrected chi connectivity index (χ2v) is 4.68. The maximum Gasteiger partial charge on any atom is 1.00 e. The van der Waals surface area contributed by atoms with Gasteiger partial charge >= 0.3 is 68.9 Å². The average molecular weight is 387 g/mol. The summed E-state index contributed by atoms with van der Waals surface area (Å²) in [6.07, 6.45) is 0. The first kappa shape index (κ1) is 15.9. The van der Waals surface area contributed by atoms with Crippen LogP contribution < -0.4 is 84.1 Å². The van der Waals surface area contributed by atoms with Crippen LogP contribution >= 0.6 is 0 Å². The minimum Gasteiger partial charge on any atom is -0.545 e. The molecule has 20 heavy (non-hydrogen) atoms. The summed E-state index contributed by atoms with van der Waals surface area (Å²) in [6, 6.07) is 9.04. The van der Waals surface area contributed by atoms with Gasteiger partial charge in [0.25, 0.3) is 0 Å². The fourth-order valence-corrected chi connectivity index (χ4v) is 2.18. The van der Waals surface area contributed by atoms with E-state index >= 15 is 0 Å². The van der Waals surface area contributed by atoms with E-state index < -0.39 is 5.97 Å². The van der Waals surface area contributed by atoms with Gasteiger partial charge in [0.1, 0.15) is 0 Å². The van der Waals surface area contributed by atoms with Gasteiger partial charge in [0, 0.05) is 5.56 Å². The van der Waals surface area contributed by atoms with Crippen LogP contribution in [0.3, 0.4) is 0 Å². The van der Waals surface area contributed by atoms with Gasteiger partial charge in [-0.25, -0.2) is 0 Å². The molecule has 0 unspecified atom stereocenters. The molecule has 1 heterocycles. The summed E-state index contributed by atoms with van der Waals surface area (Å²) in [6.45, 7) is 3.74. The molecule has 0 fully saturated rings. The summed E-state index contributed by atoms with van der Waals surface area (Å²) < 4.78 is 5.72. The number of rotatable bonds is 1. The molecule has 0 bridgehead atoms. The molecular weight excluding hydrogens is 375 g/mol. The number of aryl methyl sites for hydroxylation is 2. The van der Waals surface area contributed by atoms with Crippen molar-refractivity contribution in [3.8, 4) is 11.5 Å². The Bertz CT molecular complexity index is 698. The third-order valence-electron chi connectivity index (χ3n) is 3.17. The number of fused-ring (bicyclic) bond motifs is 2. The zero-order valence-corrected chi connectivity index (χ0v) is 17.9. The van der Waals surface area contributed by atoms with Crippen LogP contribution in [-0.4, -0.2) is 5.97 Å². The number of hydrogen-bond acceptors (Lipinski definition) is 4. The molecule has 0 radical (unpaired) electrons. The predicted octanol–water partition coefficient (Wildman–Crippen LogP) is -0.480. The maximum atomic E-state index is 11.0. The molecule has 0 amide bonds. The molecule has 2 aromatic carbocycles. The zero-order chi connectivity index (χ0) is 13.6. The Kier molecular flexibility index (Phi) is 4.89. The number of anilines is 2. The molecule has 0 saturated carbocycles.